The van der Waals surface area contributed by atoms with Crippen molar-refractivity contribution in [1.29, 1.82) is 0 Å². The molecule has 0 atom stereocenters. The molecule has 1 aliphatic rings. The number of amides is 1. The van der Waals surface area contributed by atoms with Crippen molar-refractivity contribution in [2.24, 2.45) is 5.92 Å². The molecule has 1 aliphatic carbocycles. The highest BCUT2D eigenvalue weighted by Gasteiger charge is 2.25. The molecule has 8 nitrogen and oxygen atoms in total. The lowest BCUT2D eigenvalue weighted by Crippen LogP contribution is -2.41. The summed E-state index contributed by atoms with van der Waals surface area (Å²) in [4.78, 5) is 21.0. The number of alkyl carbamates (subject to hydrolysis) is 1. The lowest BCUT2D eigenvalue weighted by atomic mass is 9.83. The second-order valence-corrected chi connectivity index (χ2v) is 8.92. The van der Waals surface area contributed by atoms with Crippen LogP contribution in [0.25, 0.3) is 0 Å². The minimum atomic E-state index is -0.466. The minimum Gasteiger partial charge on any atom is -0.444 e. The normalized spacial score (nSPS) is 19.6. The van der Waals surface area contributed by atoms with Crippen molar-refractivity contribution in [2.45, 2.75) is 78.4 Å². The topological polar surface area (TPSA) is 105 Å². The van der Waals surface area contributed by atoms with E-state index in [1.165, 1.54) is 0 Å². The fraction of sp³-hybridized carbons (Fsp3) is 0.619. The summed E-state index contributed by atoms with van der Waals surface area (Å²) in [7, 11) is 0. The fourth-order valence-corrected chi connectivity index (χ4v) is 3.69. The highest BCUT2D eigenvalue weighted by Crippen LogP contribution is 2.28. The summed E-state index contributed by atoms with van der Waals surface area (Å²) in [5.41, 5.74) is 1.57. The Morgan fingerprint density at radius 2 is 1.86 bits per heavy atom. The van der Waals surface area contributed by atoms with E-state index >= 15 is 0 Å². The van der Waals surface area contributed by atoms with E-state index in [1.807, 2.05) is 46.8 Å². The first-order valence-corrected chi connectivity index (χ1v) is 10.3. The fourth-order valence-electron chi connectivity index (χ4n) is 3.69. The van der Waals surface area contributed by atoms with Gasteiger partial charge in [-0.15, -0.1) is 0 Å². The van der Waals surface area contributed by atoms with E-state index in [-0.39, 0.29) is 12.1 Å². The van der Waals surface area contributed by atoms with Gasteiger partial charge in [0, 0.05) is 29.6 Å². The first kappa shape index (κ1) is 21.1. The maximum absolute atomic E-state index is 12.0. The third-order valence-electron chi connectivity index (χ3n) is 4.92. The molecule has 2 aromatic heterocycles. The zero-order chi connectivity index (χ0) is 21.0. The summed E-state index contributed by atoms with van der Waals surface area (Å²) in [5, 5.41) is 13.4. The molecule has 0 unspecified atom stereocenters. The Balaban J connectivity index is 1.52. The SMILES string of the molecule is Cc1nc(CC2CCC(NC(=O)OC(C)(C)C)CC2)cc(Nc2cc(C)[nH]n2)n1. The maximum Gasteiger partial charge on any atom is 0.407 e. The second kappa shape index (κ2) is 8.80. The first-order valence-electron chi connectivity index (χ1n) is 10.3. The van der Waals surface area contributed by atoms with Gasteiger partial charge in [0.2, 0.25) is 0 Å². The van der Waals surface area contributed by atoms with E-state index in [0.717, 1.165) is 61.0 Å². The number of aryl methyl sites for hydroxylation is 2. The minimum absolute atomic E-state index is 0.188. The molecule has 0 aromatic carbocycles. The van der Waals surface area contributed by atoms with Gasteiger partial charge in [-0.2, -0.15) is 5.10 Å². The third-order valence-corrected chi connectivity index (χ3v) is 4.92. The van der Waals surface area contributed by atoms with Gasteiger partial charge < -0.3 is 15.4 Å². The number of anilines is 2. The van der Waals surface area contributed by atoms with Gasteiger partial charge in [0.1, 0.15) is 17.2 Å². The van der Waals surface area contributed by atoms with Crippen molar-refractivity contribution < 1.29 is 9.53 Å². The Morgan fingerprint density at radius 3 is 2.48 bits per heavy atom. The van der Waals surface area contributed by atoms with Gasteiger partial charge in [0.25, 0.3) is 0 Å². The zero-order valence-corrected chi connectivity index (χ0v) is 18.0. The monoisotopic (exact) mass is 400 g/mol. The number of nitrogens with one attached hydrogen (secondary N) is 3. The van der Waals surface area contributed by atoms with Gasteiger partial charge in [-0.1, -0.05) is 0 Å². The van der Waals surface area contributed by atoms with Crippen molar-refractivity contribution >= 4 is 17.7 Å². The van der Waals surface area contributed by atoms with Gasteiger partial charge in [0.05, 0.1) is 0 Å². The van der Waals surface area contributed by atoms with E-state index in [0.29, 0.717) is 5.92 Å². The van der Waals surface area contributed by atoms with Crippen LogP contribution < -0.4 is 10.6 Å². The Kier molecular flexibility index (Phi) is 6.39. The summed E-state index contributed by atoms with van der Waals surface area (Å²) < 4.78 is 5.36. The van der Waals surface area contributed by atoms with Crippen molar-refractivity contribution in [3.05, 3.63) is 29.3 Å². The van der Waals surface area contributed by atoms with Crippen LogP contribution in [0.1, 0.15) is 63.7 Å². The average Bonchev–Trinajstić information content (AvgIpc) is 2.99. The maximum atomic E-state index is 12.0. The van der Waals surface area contributed by atoms with E-state index in [1.54, 1.807) is 0 Å². The molecule has 29 heavy (non-hydrogen) atoms. The highest BCUT2D eigenvalue weighted by atomic mass is 16.6. The predicted molar refractivity (Wildman–Crippen MR) is 112 cm³/mol. The summed E-state index contributed by atoms with van der Waals surface area (Å²) in [6.45, 7) is 9.51. The first-order chi connectivity index (χ1) is 13.7. The van der Waals surface area contributed by atoms with Crippen LogP contribution in [0.15, 0.2) is 12.1 Å². The number of nitrogens with zero attached hydrogens (tertiary/aromatic N) is 3. The van der Waals surface area contributed by atoms with Crippen LogP contribution in [-0.4, -0.2) is 37.9 Å². The number of ether oxygens (including phenoxy) is 1. The largest absolute Gasteiger partial charge is 0.444 e. The van der Waals surface area contributed by atoms with Crippen molar-refractivity contribution in [1.82, 2.24) is 25.5 Å². The predicted octanol–water partition coefficient (Wildman–Crippen LogP) is 4.19. The lowest BCUT2D eigenvalue weighted by molar-refractivity contribution is 0.0487. The van der Waals surface area contributed by atoms with Crippen molar-refractivity contribution in [3.63, 3.8) is 0 Å². The number of aromatic amines is 1. The molecule has 0 saturated heterocycles. The molecule has 158 valence electrons. The number of carbonyl (C=O) groups is 1. The molecule has 8 heteroatoms. The molecule has 3 rings (SSSR count). The van der Waals surface area contributed by atoms with Crippen molar-refractivity contribution in [3.8, 4) is 0 Å². The van der Waals surface area contributed by atoms with Crippen LogP contribution in [0.5, 0.6) is 0 Å². The van der Waals surface area contributed by atoms with Crippen LogP contribution in [0.2, 0.25) is 0 Å². The number of carbonyl (C=O) groups excluding carboxylic acids is 1. The Morgan fingerprint density at radius 1 is 1.14 bits per heavy atom. The Labute approximate surface area is 172 Å². The number of hydrogen-bond acceptors (Lipinski definition) is 6. The summed E-state index contributed by atoms with van der Waals surface area (Å²) in [5.74, 6) is 2.82. The molecule has 2 heterocycles. The van der Waals surface area contributed by atoms with Crippen LogP contribution in [0, 0.1) is 19.8 Å². The summed E-state index contributed by atoms with van der Waals surface area (Å²) in [6.07, 6.45) is 4.64. The van der Waals surface area contributed by atoms with Crippen LogP contribution >= 0.6 is 0 Å². The molecule has 3 N–H and O–H groups in total. The summed E-state index contributed by atoms with van der Waals surface area (Å²) in [6, 6.07) is 4.13. The van der Waals surface area contributed by atoms with Gasteiger partial charge in [-0.05, 0) is 72.6 Å². The van der Waals surface area contributed by atoms with E-state index < -0.39 is 5.60 Å². The smallest absolute Gasteiger partial charge is 0.407 e. The lowest BCUT2D eigenvalue weighted by Gasteiger charge is -2.30. The molecule has 2 aromatic rings. The number of hydrogen-bond donors (Lipinski definition) is 3. The van der Waals surface area contributed by atoms with Gasteiger partial charge in [-0.3, -0.25) is 5.10 Å². The van der Waals surface area contributed by atoms with Crippen LogP contribution in [-0.2, 0) is 11.2 Å². The van der Waals surface area contributed by atoms with E-state index in [4.69, 9.17) is 4.74 Å². The molecule has 1 saturated carbocycles. The molecule has 0 radical (unpaired) electrons. The summed E-state index contributed by atoms with van der Waals surface area (Å²) >= 11 is 0. The number of aromatic nitrogens is 4. The third kappa shape index (κ3) is 6.73. The van der Waals surface area contributed by atoms with Crippen LogP contribution in [0.4, 0.5) is 16.4 Å². The average molecular weight is 401 g/mol. The molecular formula is C21H32N6O2. The Hall–Kier alpha value is -2.64. The number of rotatable bonds is 5. The molecular weight excluding hydrogens is 368 g/mol. The standard InChI is InChI=1S/C21H32N6O2/c1-13-10-19(27-26-13)25-18-12-17(22-14(2)23-18)11-15-6-8-16(9-7-15)24-20(28)29-21(3,4)5/h10,12,15-16H,6-9,11H2,1-5H3,(H,24,28)(H2,22,23,25,26,27). The molecule has 0 aliphatic heterocycles. The number of H-pyrrole nitrogens is 1. The van der Waals surface area contributed by atoms with E-state index in [9.17, 15) is 4.79 Å². The van der Waals surface area contributed by atoms with Crippen LogP contribution in [0.3, 0.4) is 0 Å². The molecule has 0 spiro atoms. The zero-order valence-electron chi connectivity index (χ0n) is 18.0. The second-order valence-electron chi connectivity index (χ2n) is 8.92. The van der Waals surface area contributed by atoms with Gasteiger partial charge >= 0.3 is 6.09 Å². The molecule has 1 amide bonds. The van der Waals surface area contributed by atoms with Gasteiger partial charge in [0.15, 0.2) is 5.82 Å². The van der Waals surface area contributed by atoms with E-state index in [2.05, 4.69) is 30.8 Å². The molecule has 0 bridgehead atoms. The molecule has 1 fully saturated rings. The Bertz CT molecular complexity index is 834. The quantitative estimate of drug-likeness (QED) is 0.695. The van der Waals surface area contributed by atoms with Crippen molar-refractivity contribution in [2.75, 3.05) is 5.32 Å². The highest BCUT2D eigenvalue weighted by molar-refractivity contribution is 5.68. The van der Waals surface area contributed by atoms with Gasteiger partial charge in [-0.25, -0.2) is 14.8 Å².